The van der Waals surface area contributed by atoms with Crippen LogP contribution in [-0.4, -0.2) is 29.5 Å². The number of fused-ring (bicyclic) bond motifs is 1. The van der Waals surface area contributed by atoms with Crippen LogP contribution in [0.25, 0.3) is 0 Å². The van der Waals surface area contributed by atoms with Crippen LogP contribution < -0.4 is 14.8 Å². The summed E-state index contributed by atoms with van der Waals surface area (Å²) in [5.41, 5.74) is 2.43. The molecule has 1 aliphatic carbocycles. The zero-order valence-corrected chi connectivity index (χ0v) is 21.2. The van der Waals surface area contributed by atoms with E-state index in [4.69, 9.17) is 21.1 Å². The molecule has 0 unspecified atom stereocenters. The molecule has 2 atom stereocenters. The standard InChI is InChI=1S/C30H29ClN2O4/c31-24-13-11-22(12-14-24)19-33(28(34)17-21-7-3-1-4-8-21)29(23-9-5-2-6-10-23)30(35)32-25-15-16-26-27(18-25)37-20-36-26/h1-5,7-8,11-16,18,23,29H,6,9-10,17,19-20H2,(H,32,35)/t23-,29+/m0/s1. The number of amides is 2. The van der Waals surface area contributed by atoms with Crippen molar-refractivity contribution in [2.24, 2.45) is 5.92 Å². The normalized spacial score (nSPS) is 16.7. The van der Waals surface area contributed by atoms with E-state index in [1.165, 1.54) is 0 Å². The zero-order valence-electron chi connectivity index (χ0n) is 20.4. The molecule has 6 nitrogen and oxygen atoms in total. The molecule has 1 heterocycles. The van der Waals surface area contributed by atoms with Crippen molar-refractivity contribution in [1.29, 1.82) is 0 Å². The van der Waals surface area contributed by atoms with E-state index in [-0.39, 0.29) is 30.9 Å². The highest BCUT2D eigenvalue weighted by Gasteiger charge is 2.36. The van der Waals surface area contributed by atoms with E-state index in [1.54, 1.807) is 23.1 Å². The molecule has 0 fully saturated rings. The molecule has 7 heteroatoms. The van der Waals surface area contributed by atoms with Crippen LogP contribution in [0.4, 0.5) is 5.69 Å². The third-order valence-electron chi connectivity index (χ3n) is 6.79. The smallest absolute Gasteiger partial charge is 0.247 e. The number of halogens is 1. The molecule has 0 radical (unpaired) electrons. The third kappa shape index (κ3) is 6.15. The van der Waals surface area contributed by atoms with E-state index in [9.17, 15) is 9.59 Å². The lowest BCUT2D eigenvalue weighted by Gasteiger charge is -2.37. The van der Waals surface area contributed by atoms with Crippen LogP contribution in [0.5, 0.6) is 11.5 Å². The van der Waals surface area contributed by atoms with Crippen LogP contribution in [0.15, 0.2) is 84.9 Å². The summed E-state index contributed by atoms with van der Waals surface area (Å²) in [5, 5.41) is 3.67. The summed E-state index contributed by atoms with van der Waals surface area (Å²) < 4.78 is 10.9. The van der Waals surface area contributed by atoms with Gasteiger partial charge in [0.15, 0.2) is 11.5 Å². The van der Waals surface area contributed by atoms with Gasteiger partial charge >= 0.3 is 0 Å². The maximum atomic E-state index is 13.9. The maximum absolute atomic E-state index is 13.9. The Bertz CT molecular complexity index is 1280. The second-order valence-electron chi connectivity index (χ2n) is 9.36. The number of allylic oxidation sites excluding steroid dienone is 2. The molecular weight excluding hydrogens is 488 g/mol. The van der Waals surface area contributed by atoms with Crippen molar-refractivity contribution >= 4 is 29.1 Å². The first-order valence-corrected chi connectivity index (χ1v) is 12.9. The summed E-state index contributed by atoms with van der Waals surface area (Å²) >= 11 is 6.11. The van der Waals surface area contributed by atoms with Gasteiger partial charge in [0, 0.05) is 23.3 Å². The molecule has 1 aliphatic heterocycles. The maximum Gasteiger partial charge on any atom is 0.247 e. The number of ether oxygens (including phenoxy) is 2. The first kappa shape index (κ1) is 24.9. The van der Waals surface area contributed by atoms with Crippen molar-refractivity contribution in [3.8, 4) is 11.5 Å². The number of anilines is 1. The van der Waals surface area contributed by atoms with Crippen molar-refractivity contribution in [3.05, 3.63) is 101 Å². The topological polar surface area (TPSA) is 67.9 Å². The van der Waals surface area contributed by atoms with Gasteiger partial charge in [-0.05, 0) is 60.6 Å². The highest BCUT2D eigenvalue weighted by atomic mass is 35.5. The molecule has 3 aromatic carbocycles. The quantitative estimate of drug-likeness (QED) is 0.373. The van der Waals surface area contributed by atoms with E-state index < -0.39 is 6.04 Å². The molecule has 3 aromatic rings. The van der Waals surface area contributed by atoms with E-state index in [1.807, 2.05) is 54.6 Å². The lowest BCUT2D eigenvalue weighted by atomic mass is 9.85. The van der Waals surface area contributed by atoms with Crippen LogP contribution in [0.2, 0.25) is 5.02 Å². The lowest BCUT2D eigenvalue weighted by molar-refractivity contribution is -0.141. The number of carbonyl (C=O) groups excluding carboxylic acids is 2. The van der Waals surface area contributed by atoms with Gasteiger partial charge in [0.2, 0.25) is 18.6 Å². The van der Waals surface area contributed by atoms with E-state index in [0.29, 0.717) is 28.8 Å². The molecule has 1 N–H and O–H groups in total. The van der Waals surface area contributed by atoms with Gasteiger partial charge in [-0.2, -0.15) is 0 Å². The van der Waals surface area contributed by atoms with Gasteiger partial charge in [0.25, 0.3) is 0 Å². The van der Waals surface area contributed by atoms with Gasteiger partial charge in [-0.15, -0.1) is 0 Å². The minimum Gasteiger partial charge on any atom is -0.454 e. The van der Waals surface area contributed by atoms with Gasteiger partial charge in [0.05, 0.1) is 6.42 Å². The molecule has 2 amide bonds. The number of nitrogens with zero attached hydrogens (tertiary/aromatic N) is 1. The number of carbonyl (C=O) groups is 2. The number of rotatable bonds is 8. The zero-order chi connectivity index (χ0) is 25.6. The van der Waals surface area contributed by atoms with Gasteiger partial charge in [0.1, 0.15) is 6.04 Å². The van der Waals surface area contributed by atoms with Crippen LogP contribution in [0.3, 0.4) is 0 Å². The van der Waals surface area contributed by atoms with Crippen LogP contribution in [0.1, 0.15) is 30.4 Å². The molecule has 0 bridgehead atoms. The molecule has 5 rings (SSSR count). The van der Waals surface area contributed by atoms with E-state index in [2.05, 4.69) is 17.5 Å². The van der Waals surface area contributed by atoms with Crippen LogP contribution in [-0.2, 0) is 22.6 Å². The highest BCUT2D eigenvalue weighted by Crippen LogP contribution is 2.35. The largest absolute Gasteiger partial charge is 0.454 e. The van der Waals surface area contributed by atoms with Gasteiger partial charge in [-0.1, -0.05) is 66.2 Å². The van der Waals surface area contributed by atoms with Crippen molar-refractivity contribution in [1.82, 2.24) is 4.90 Å². The Morgan fingerprint density at radius 2 is 1.73 bits per heavy atom. The number of nitrogens with one attached hydrogen (secondary N) is 1. The monoisotopic (exact) mass is 516 g/mol. The van der Waals surface area contributed by atoms with Crippen molar-refractivity contribution in [2.75, 3.05) is 12.1 Å². The summed E-state index contributed by atoms with van der Waals surface area (Å²) in [4.78, 5) is 29.5. The molecule has 2 aliphatic rings. The number of hydrogen-bond acceptors (Lipinski definition) is 4. The van der Waals surface area contributed by atoms with Gasteiger partial charge in [-0.3, -0.25) is 9.59 Å². The summed E-state index contributed by atoms with van der Waals surface area (Å²) in [6, 6.07) is 21.7. The Morgan fingerprint density at radius 3 is 2.49 bits per heavy atom. The van der Waals surface area contributed by atoms with E-state index >= 15 is 0 Å². The summed E-state index contributed by atoms with van der Waals surface area (Å²) in [5.74, 6) is 0.921. The highest BCUT2D eigenvalue weighted by molar-refractivity contribution is 6.30. The predicted molar refractivity (Wildman–Crippen MR) is 144 cm³/mol. The average molecular weight is 517 g/mol. The predicted octanol–water partition coefficient (Wildman–Crippen LogP) is 6.00. The molecular formula is C30H29ClN2O4. The van der Waals surface area contributed by atoms with Gasteiger partial charge < -0.3 is 19.7 Å². The fourth-order valence-corrected chi connectivity index (χ4v) is 5.03. The summed E-state index contributed by atoms with van der Waals surface area (Å²) in [6.45, 7) is 0.467. The summed E-state index contributed by atoms with van der Waals surface area (Å²) in [7, 11) is 0. The van der Waals surface area contributed by atoms with Crippen LogP contribution >= 0.6 is 11.6 Å². The Hall–Kier alpha value is -3.77. The average Bonchev–Trinajstić information content (AvgIpc) is 3.39. The third-order valence-corrected chi connectivity index (χ3v) is 7.04. The van der Waals surface area contributed by atoms with Crippen LogP contribution in [0, 0.1) is 5.92 Å². The molecule has 190 valence electrons. The SMILES string of the molecule is O=C(Nc1ccc2c(c1)OCO2)[C@@H]([C@H]1CC=CCC1)N(Cc1ccc(Cl)cc1)C(=O)Cc1ccccc1. The first-order valence-electron chi connectivity index (χ1n) is 12.5. The fraction of sp³-hybridized carbons (Fsp3) is 0.267. The Labute approximate surface area is 221 Å². The minimum atomic E-state index is -0.651. The van der Waals surface area contributed by atoms with Crippen molar-refractivity contribution in [3.63, 3.8) is 0 Å². The lowest BCUT2D eigenvalue weighted by Crippen LogP contribution is -2.51. The molecule has 0 spiro atoms. The molecule has 0 saturated heterocycles. The van der Waals surface area contributed by atoms with Crippen molar-refractivity contribution < 1.29 is 19.1 Å². The van der Waals surface area contributed by atoms with Crippen molar-refractivity contribution in [2.45, 2.75) is 38.3 Å². The second kappa shape index (κ2) is 11.5. The Kier molecular flexibility index (Phi) is 7.76. The molecule has 37 heavy (non-hydrogen) atoms. The molecule has 0 saturated carbocycles. The number of benzene rings is 3. The summed E-state index contributed by atoms with van der Waals surface area (Å²) in [6.07, 6.45) is 6.89. The van der Waals surface area contributed by atoms with Gasteiger partial charge in [-0.25, -0.2) is 0 Å². The molecule has 0 aromatic heterocycles. The fourth-order valence-electron chi connectivity index (χ4n) is 4.90. The van der Waals surface area contributed by atoms with E-state index in [0.717, 1.165) is 30.4 Å². The number of hydrogen-bond donors (Lipinski definition) is 1. The Morgan fingerprint density at radius 1 is 0.946 bits per heavy atom. The first-order chi connectivity index (χ1) is 18.1. The minimum absolute atomic E-state index is 0.00830. The second-order valence-corrected chi connectivity index (χ2v) is 9.79. The Balaban J connectivity index is 1.46.